The van der Waals surface area contributed by atoms with E-state index in [1.807, 2.05) is 31.2 Å². The van der Waals surface area contributed by atoms with E-state index in [1.165, 1.54) is 5.01 Å². The number of benzene rings is 1. The van der Waals surface area contributed by atoms with E-state index in [1.54, 1.807) is 6.21 Å². The Balaban J connectivity index is 2.38. The van der Waals surface area contributed by atoms with Gasteiger partial charge in [-0.1, -0.05) is 18.2 Å². The minimum Gasteiger partial charge on any atom is -0.338 e. The number of nitrogens with zero attached hydrogens (tertiary/aromatic N) is 2. The first-order valence-corrected chi connectivity index (χ1v) is 7.41. The molecule has 1 aliphatic rings. The largest absolute Gasteiger partial charge is 0.338 e. The summed E-state index contributed by atoms with van der Waals surface area (Å²) in [5.74, 6) is 0. The minimum atomic E-state index is -3.40. The van der Waals surface area contributed by atoms with Crippen LogP contribution in [0.1, 0.15) is 12.5 Å². The van der Waals surface area contributed by atoms with Gasteiger partial charge in [0.1, 0.15) is 0 Å². The number of fused-ring (bicyclic) bond motifs is 1. The lowest BCUT2D eigenvalue weighted by atomic mass is 10.1. The smallest absolute Gasteiger partial charge is 0.242 e. The van der Waals surface area contributed by atoms with Gasteiger partial charge in [-0.25, -0.2) is 18.4 Å². The van der Waals surface area contributed by atoms with Gasteiger partial charge in [0.05, 0.1) is 11.9 Å². The second-order valence-corrected chi connectivity index (χ2v) is 5.58. The Morgan fingerprint density at radius 3 is 2.83 bits per heavy atom. The Hall–Kier alpha value is -1.44. The SMILES string of the molecule is CCOC1N=Cc2ccccc2N1NS(C)(=O)=O. The quantitative estimate of drug-likeness (QED) is 0.874. The molecule has 0 aliphatic carbocycles. The molecule has 2 rings (SSSR count). The van der Waals surface area contributed by atoms with Gasteiger partial charge in [-0.15, -0.1) is 4.83 Å². The molecule has 0 spiro atoms. The first-order valence-electron chi connectivity index (χ1n) is 5.52. The van der Waals surface area contributed by atoms with Crippen molar-refractivity contribution in [2.75, 3.05) is 17.9 Å². The summed E-state index contributed by atoms with van der Waals surface area (Å²) in [5, 5.41) is 1.41. The van der Waals surface area contributed by atoms with E-state index in [-0.39, 0.29) is 0 Å². The summed E-state index contributed by atoms with van der Waals surface area (Å²) in [7, 11) is -3.40. The number of ether oxygens (including phenoxy) is 1. The summed E-state index contributed by atoms with van der Waals surface area (Å²) in [5.41, 5.74) is 1.56. The van der Waals surface area contributed by atoms with Crippen LogP contribution in [0.2, 0.25) is 0 Å². The van der Waals surface area contributed by atoms with Crippen molar-refractivity contribution >= 4 is 21.9 Å². The molecule has 0 aromatic heterocycles. The molecule has 98 valence electrons. The monoisotopic (exact) mass is 269 g/mol. The molecule has 1 heterocycles. The Kier molecular flexibility index (Phi) is 3.65. The highest BCUT2D eigenvalue weighted by Gasteiger charge is 2.26. The number of para-hydroxylation sites is 1. The third-order valence-corrected chi connectivity index (χ3v) is 2.87. The summed E-state index contributed by atoms with van der Waals surface area (Å²) in [6, 6.07) is 7.37. The molecular formula is C11H15N3O3S. The van der Waals surface area contributed by atoms with Crippen molar-refractivity contribution in [3.63, 3.8) is 0 Å². The maximum Gasteiger partial charge on any atom is 0.242 e. The van der Waals surface area contributed by atoms with E-state index < -0.39 is 16.4 Å². The number of anilines is 1. The molecule has 1 aromatic rings. The van der Waals surface area contributed by atoms with Gasteiger partial charge in [0, 0.05) is 18.4 Å². The van der Waals surface area contributed by atoms with Crippen molar-refractivity contribution in [1.82, 2.24) is 4.83 Å². The van der Waals surface area contributed by atoms with Gasteiger partial charge in [-0.3, -0.25) is 0 Å². The lowest BCUT2D eigenvalue weighted by Gasteiger charge is -2.33. The normalized spacial score (nSPS) is 18.8. The summed E-state index contributed by atoms with van der Waals surface area (Å²) < 4.78 is 28.2. The second-order valence-electron chi connectivity index (χ2n) is 3.85. The molecular weight excluding hydrogens is 254 g/mol. The first kappa shape index (κ1) is 13.0. The molecule has 1 atom stereocenters. The number of hydrazine groups is 1. The van der Waals surface area contributed by atoms with E-state index in [9.17, 15) is 8.42 Å². The van der Waals surface area contributed by atoms with Gasteiger partial charge in [0.2, 0.25) is 16.4 Å². The molecule has 0 saturated carbocycles. The Labute approximate surface area is 106 Å². The molecule has 0 saturated heterocycles. The van der Waals surface area contributed by atoms with Crippen LogP contribution in [-0.4, -0.2) is 33.8 Å². The average Bonchev–Trinajstić information content (AvgIpc) is 2.31. The second kappa shape index (κ2) is 5.05. The fraction of sp³-hybridized carbons (Fsp3) is 0.364. The lowest BCUT2D eigenvalue weighted by Crippen LogP contribution is -2.50. The van der Waals surface area contributed by atoms with Crippen LogP contribution < -0.4 is 9.84 Å². The fourth-order valence-corrected chi connectivity index (χ4v) is 2.23. The molecule has 1 unspecified atom stereocenters. The van der Waals surface area contributed by atoms with E-state index in [0.717, 1.165) is 17.5 Å². The van der Waals surface area contributed by atoms with Crippen molar-refractivity contribution in [1.29, 1.82) is 0 Å². The Morgan fingerprint density at radius 2 is 2.17 bits per heavy atom. The summed E-state index contributed by atoms with van der Waals surface area (Å²) in [6.45, 7) is 2.26. The molecule has 7 heteroatoms. The van der Waals surface area contributed by atoms with Gasteiger partial charge in [0.15, 0.2) is 0 Å². The molecule has 6 nitrogen and oxygen atoms in total. The van der Waals surface area contributed by atoms with Crippen molar-refractivity contribution in [2.45, 2.75) is 13.3 Å². The highest BCUT2D eigenvalue weighted by atomic mass is 32.2. The molecule has 0 fully saturated rings. The fourth-order valence-electron chi connectivity index (χ4n) is 1.69. The number of aliphatic imine (C=N–C) groups is 1. The lowest BCUT2D eigenvalue weighted by molar-refractivity contribution is 0.0629. The third-order valence-electron chi connectivity index (χ3n) is 2.34. The molecule has 0 bridgehead atoms. The highest BCUT2D eigenvalue weighted by molar-refractivity contribution is 7.88. The van der Waals surface area contributed by atoms with Crippen LogP contribution in [0.25, 0.3) is 0 Å². The van der Waals surface area contributed by atoms with Crippen LogP contribution in [0.5, 0.6) is 0 Å². The maximum absolute atomic E-state index is 11.4. The van der Waals surface area contributed by atoms with Crippen molar-refractivity contribution in [3.05, 3.63) is 29.8 Å². The highest BCUT2D eigenvalue weighted by Crippen LogP contribution is 2.24. The first-order chi connectivity index (χ1) is 8.51. The van der Waals surface area contributed by atoms with Crippen LogP contribution in [-0.2, 0) is 14.8 Å². The number of rotatable bonds is 4. The number of sulfonamides is 1. The van der Waals surface area contributed by atoms with Crippen molar-refractivity contribution < 1.29 is 13.2 Å². The zero-order valence-corrected chi connectivity index (χ0v) is 11.0. The van der Waals surface area contributed by atoms with Crippen molar-refractivity contribution in [3.8, 4) is 0 Å². The van der Waals surface area contributed by atoms with Gasteiger partial charge in [0.25, 0.3) is 0 Å². The molecule has 1 N–H and O–H groups in total. The third kappa shape index (κ3) is 2.87. The minimum absolute atomic E-state index is 0.437. The Morgan fingerprint density at radius 1 is 1.44 bits per heavy atom. The molecule has 1 aliphatic heterocycles. The van der Waals surface area contributed by atoms with Crippen LogP contribution >= 0.6 is 0 Å². The molecule has 1 aromatic carbocycles. The Bertz CT molecular complexity index is 556. The van der Waals surface area contributed by atoms with Crippen LogP contribution in [0.3, 0.4) is 0 Å². The standard InChI is InChI=1S/C11H15N3O3S/c1-3-17-11-12-8-9-6-4-5-7-10(9)14(11)13-18(2,15)16/h4-8,11,13H,3H2,1-2H3. The number of hydrogen-bond donors (Lipinski definition) is 1. The van der Waals surface area contributed by atoms with E-state index in [2.05, 4.69) is 9.82 Å². The van der Waals surface area contributed by atoms with E-state index in [4.69, 9.17) is 4.74 Å². The van der Waals surface area contributed by atoms with Crippen LogP contribution in [0.15, 0.2) is 29.3 Å². The van der Waals surface area contributed by atoms with Crippen molar-refractivity contribution in [2.24, 2.45) is 4.99 Å². The van der Waals surface area contributed by atoms with Crippen LogP contribution in [0, 0.1) is 0 Å². The zero-order valence-electron chi connectivity index (χ0n) is 10.2. The average molecular weight is 269 g/mol. The maximum atomic E-state index is 11.4. The van der Waals surface area contributed by atoms with E-state index >= 15 is 0 Å². The topological polar surface area (TPSA) is 71.0 Å². The predicted molar refractivity (Wildman–Crippen MR) is 69.9 cm³/mol. The molecule has 18 heavy (non-hydrogen) atoms. The number of nitrogens with one attached hydrogen (secondary N) is 1. The molecule has 0 radical (unpaired) electrons. The van der Waals surface area contributed by atoms with Gasteiger partial charge in [-0.2, -0.15) is 0 Å². The van der Waals surface area contributed by atoms with Gasteiger partial charge >= 0.3 is 0 Å². The number of hydrogen-bond acceptors (Lipinski definition) is 5. The summed E-state index contributed by atoms with van der Waals surface area (Å²) >= 11 is 0. The summed E-state index contributed by atoms with van der Waals surface area (Å²) in [6.07, 6.45) is 2.09. The molecule has 0 amide bonds. The van der Waals surface area contributed by atoms with Gasteiger partial charge in [-0.05, 0) is 13.0 Å². The zero-order chi connectivity index (χ0) is 13.2. The van der Waals surface area contributed by atoms with Gasteiger partial charge < -0.3 is 4.74 Å². The summed E-state index contributed by atoms with van der Waals surface area (Å²) in [4.78, 5) is 6.59. The predicted octanol–water partition coefficient (Wildman–Crippen LogP) is 0.710. The van der Waals surface area contributed by atoms with Crippen LogP contribution in [0.4, 0.5) is 5.69 Å². The van der Waals surface area contributed by atoms with E-state index in [0.29, 0.717) is 6.61 Å².